The summed E-state index contributed by atoms with van der Waals surface area (Å²) in [6.07, 6.45) is 47.6. The fraction of sp³-hybridized carbons (Fsp3) is 0.368. The molecule has 0 saturated heterocycles. The zero-order valence-corrected chi connectivity index (χ0v) is 36.3. The second-order valence-corrected chi connectivity index (χ2v) is 20.4. The van der Waals surface area contributed by atoms with Gasteiger partial charge in [0.1, 0.15) is 0 Å². The summed E-state index contributed by atoms with van der Waals surface area (Å²) in [6, 6.07) is 19.4. The van der Waals surface area contributed by atoms with Crippen LogP contribution in [-0.2, 0) is 18.3 Å². The Hall–Kier alpha value is -4.86. The molecule has 0 amide bonds. The molecule has 12 rings (SSSR count). The molecular weight excluding hydrogens is 745 g/mol. The van der Waals surface area contributed by atoms with E-state index in [1.165, 1.54) is 83.4 Å². The van der Waals surface area contributed by atoms with E-state index in [-0.39, 0.29) is 5.41 Å². The number of hydrogen-bond acceptors (Lipinski definition) is 3. The minimum absolute atomic E-state index is 0.0309. The predicted octanol–water partition coefficient (Wildman–Crippen LogP) is 14.6. The molecule has 0 fully saturated rings. The lowest BCUT2D eigenvalue weighted by molar-refractivity contribution is 0.370. The summed E-state index contributed by atoms with van der Waals surface area (Å²) in [5, 5.41) is 0. The lowest BCUT2D eigenvalue weighted by atomic mass is 9.78. The fourth-order valence-electron chi connectivity index (χ4n) is 12.9. The van der Waals surface area contributed by atoms with Crippen molar-refractivity contribution in [1.82, 2.24) is 0 Å². The minimum Gasteiger partial charge on any atom is -0.338 e. The summed E-state index contributed by atoms with van der Waals surface area (Å²) in [6.45, 7) is 4.91. The molecule has 2 heterocycles. The van der Waals surface area contributed by atoms with Gasteiger partial charge in [0.05, 0.1) is 12.1 Å². The van der Waals surface area contributed by atoms with Gasteiger partial charge in [-0.25, -0.2) is 0 Å². The second-order valence-electron chi connectivity index (χ2n) is 19.4. The third kappa shape index (κ3) is 5.85. The summed E-state index contributed by atoms with van der Waals surface area (Å²) >= 11 is 2.12. The van der Waals surface area contributed by atoms with Gasteiger partial charge in [-0.15, -0.1) is 11.3 Å². The maximum Gasteiger partial charge on any atom is 0.0626 e. The number of anilines is 2. The van der Waals surface area contributed by atoms with Crippen LogP contribution in [0.25, 0.3) is 16.7 Å². The van der Waals surface area contributed by atoms with E-state index in [1.807, 2.05) is 0 Å². The Balaban J connectivity index is 0.892. The minimum atomic E-state index is 0.0309. The highest BCUT2D eigenvalue weighted by Crippen LogP contribution is 2.56. The highest BCUT2D eigenvalue weighted by molar-refractivity contribution is 7.14. The summed E-state index contributed by atoms with van der Waals surface area (Å²) in [4.78, 5) is 8.58. The quantitative estimate of drug-likeness (QED) is 0.229. The Labute approximate surface area is 362 Å². The van der Waals surface area contributed by atoms with E-state index in [1.54, 1.807) is 37.7 Å². The Morgan fingerprint density at radius 2 is 1.62 bits per heavy atom. The fourth-order valence-corrected chi connectivity index (χ4v) is 14.4. The first-order valence-corrected chi connectivity index (χ1v) is 24.2. The Morgan fingerprint density at radius 3 is 2.45 bits per heavy atom. The molecule has 3 heteroatoms. The van der Waals surface area contributed by atoms with Gasteiger partial charge < -0.3 is 9.80 Å². The molecule has 2 nitrogen and oxygen atoms in total. The van der Waals surface area contributed by atoms with Crippen molar-refractivity contribution < 1.29 is 0 Å². The van der Waals surface area contributed by atoms with Crippen LogP contribution < -0.4 is 9.80 Å². The molecule has 0 spiro atoms. The van der Waals surface area contributed by atoms with Gasteiger partial charge >= 0.3 is 0 Å². The highest BCUT2D eigenvalue weighted by atomic mass is 32.1. The number of rotatable bonds is 6. The van der Waals surface area contributed by atoms with Crippen LogP contribution in [0.2, 0.25) is 0 Å². The van der Waals surface area contributed by atoms with Crippen LogP contribution in [-0.4, -0.2) is 12.1 Å². The van der Waals surface area contributed by atoms with Gasteiger partial charge in [-0.1, -0.05) is 111 Å². The molecule has 0 N–H and O–H groups in total. The standard InChI is InChI=1S/C57H58N2S/c1-57(2)50-22-11-9-18-45(50)46-33-32-43(36-51(46)57)58(41-28-24-38(25-29-41)37-14-5-3-6-15-37)42-30-26-39(27-31-42)44-20-13-21-47-48-34-35-53-54(56(48)60-55(44)47)49-19-10-12-23-52(49)59(53)40-16-7-4-8-17-40/h4-5,7-8,10-12,14,16-17,19-20,22-24,26,28,30,32-33,36-38,41,49,52H,3,6,9,13,15,18,21,25,27,29,31,34-35H2,1-2H3. The predicted molar refractivity (Wildman–Crippen MR) is 255 cm³/mol. The van der Waals surface area contributed by atoms with E-state index >= 15 is 0 Å². The molecule has 1 aromatic heterocycles. The molecule has 8 aliphatic carbocycles. The first-order valence-electron chi connectivity index (χ1n) is 23.4. The molecule has 302 valence electrons. The first-order chi connectivity index (χ1) is 29.5. The highest BCUT2D eigenvalue weighted by Gasteiger charge is 2.44. The van der Waals surface area contributed by atoms with E-state index in [9.17, 15) is 0 Å². The third-order valence-corrected chi connectivity index (χ3v) is 17.1. The number of hydrogen-bond donors (Lipinski definition) is 0. The third-order valence-electron chi connectivity index (χ3n) is 15.8. The summed E-state index contributed by atoms with van der Waals surface area (Å²) in [5.41, 5.74) is 19.9. The van der Waals surface area contributed by atoms with Crippen molar-refractivity contribution in [1.29, 1.82) is 0 Å². The Morgan fingerprint density at radius 1 is 0.733 bits per heavy atom. The summed E-state index contributed by atoms with van der Waals surface area (Å²) < 4.78 is 0. The number of allylic oxidation sites excluding steroid dienone is 16. The number of fused-ring (bicyclic) bond motifs is 8. The average molecular weight is 803 g/mol. The lowest BCUT2D eigenvalue weighted by Gasteiger charge is -2.39. The van der Waals surface area contributed by atoms with Crippen LogP contribution in [0.1, 0.15) is 116 Å². The topological polar surface area (TPSA) is 6.48 Å². The molecule has 0 saturated carbocycles. The SMILES string of the molecule is CC1(C)C2=C(CCC=C2)c2ccc(N(C3=CC=C(C4=CCCc5c4sc4c5CCC5=C4C4C=CC=CC4N5c4ccccc4)CC3)C3C=CC(C4C=CCCC4)CC3)cc21. The normalized spacial score (nSPS) is 28.1. The van der Waals surface area contributed by atoms with Crippen molar-refractivity contribution in [3.8, 4) is 0 Å². The number of para-hydroxylation sites is 1. The van der Waals surface area contributed by atoms with E-state index < -0.39 is 0 Å². The largest absolute Gasteiger partial charge is 0.338 e. The molecular formula is C57H58N2S. The van der Waals surface area contributed by atoms with Crippen LogP contribution in [0.3, 0.4) is 0 Å². The summed E-state index contributed by atoms with van der Waals surface area (Å²) in [5.74, 6) is 1.79. The van der Waals surface area contributed by atoms with Gasteiger partial charge in [0.25, 0.3) is 0 Å². The van der Waals surface area contributed by atoms with Gasteiger partial charge in [0, 0.05) is 43.9 Å². The van der Waals surface area contributed by atoms with E-state index in [0.717, 1.165) is 44.9 Å². The average Bonchev–Trinajstić information content (AvgIpc) is 3.93. The molecule has 1 aliphatic heterocycles. The van der Waals surface area contributed by atoms with Crippen molar-refractivity contribution >= 4 is 39.4 Å². The van der Waals surface area contributed by atoms with E-state index in [2.05, 4.69) is 163 Å². The maximum atomic E-state index is 2.76. The van der Waals surface area contributed by atoms with Gasteiger partial charge in [-0.3, -0.25) is 0 Å². The van der Waals surface area contributed by atoms with Crippen LogP contribution in [0, 0.1) is 17.8 Å². The lowest BCUT2D eigenvalue weighted by Crippen LogP contribution is -2.36. The number of nitrogens with zero attached hydrogens (tertiary/aromatic N) is 2. The van der Waals surface area contributed by atoms with Crippen molar-refractivity contribution in [3.05, 3.63) is 182 Å². The summed E-state index contributed by atoms with van der Waals surface area (Å²) in [7, 11) is 0. The Bertz CT molecular complexity index is 2590. The smallest absolute Gasteiger partial charge is 0.0626 e. The van der Waals surface area contributed by atoms with E-state index in [4.69, 9.17) is 0 Å². The molecule has 9 aliphatic rings. The van der Waals surface area contributed by atoms with Crippen molar-refractivity contribution in [3.63, 3.8) is 0 Å². The molecule has 5 atom stereocenters. The van der Waals surface area contributed by atoms with Crippen molar-refractivity contribution in [2.45, 2.75) is 115 Å². The van der Waals surface area contributed by atoms with Gasteiger partial charge in [-0.2, -0.15) is 0 Å². The molecule has 0 radical (unpaired) electrons. The van der Waals surface area contributed by atoms with Crippen LogP contribution in [0.5, 0.6) is 0 Å². The molecule has 3 aromatic rings. The number of benzene rings is 2. The van der Waals surface area contributed by atoms with E-state index in [0.29, 0.717) is 29.8 Å². The first kappa shape index (κ1) is 36.9. The van der Waals surface area contributed by atoms with Crippen LogP contribution in [0.4, 0.5) is 11.4 Å². The van der Waals surface area contributed by atoms with Crippen LogP contribution >= 0.6 is 11.3 Å². The van der Waals surface area contributed by atoms with Gasteiger partial charge in [0.2, 0.25) is 0 Å². The molecule has 5 unspecified atom stereocenters. The van der Waals surface area contributed by atoms with Crippen LogP contribution in [0.15, 0.2) is 150 Å². The molecule has 2 aromatic carbocycles. The Kier molecular flexibility index (Phi) is 9.02. The second kappa shape index (κ2) is 14.7. The van der Waals surface area contributed by atoms with Crippen molar-refractivity contribution in [2.24, 2.45) is 17.8 Å². The zero-order chi connectivity index (χ0) is 40.0. The molecule has 60 heavy (non-hydrogen) atoms. The number of thiophene rings is 1. The van der Waals surface area contributed by atoms with Gasteiger partial charge in [-0.05, 0) is 176 Å². The van der Waals surface area contributed by atoms with Crippen molar-refractivity contribution in [2.75, 3.05) is 9.80 Å². The van der Waals surface area contributed by atoms with Gasteiger partial charge in [0.15, 0.2) is 0 Å². The molecule has 0 bridgehead atoms. The monoisotopic (exact) mass is 802 g/mol. The maximum absolute atomic E-state index is 2.76. The zero-order valence-electron chi connectivity index (χ0n) is 35.5.